The molecule has 0 aliphatic heterocycles. The minimum Gasteiger partial charge on any atom is -0.384 e. The van der Waals surface area contributed by atoms with Gasteiger partial charge in [-0.2, -0.15) is 11.8 Å². The molecule has 4 nitrogen and oxygen atoms in total. The van der Waals surface area contributed by atoms with Gasteiger partial charge in [-0.3, -0.25) is 4.79 Å². The third kappa shape index (κ3) is 4.96. The van der Waals surface area contributed by atoms with Crippen molar-refractivity contribution in [3.05, 3.63) is 24.0 Å². The maximum atomic E-state index is 11.9. The summed E-state index contributed by atoms with van der Waals surface area (Å²) in [5, 5.41) is 6.09. The van der Waals surface area contributed by atoms with Gasteiger partial charge in [0.2, 0.25) is 0 Å². The van der Waals surface area contributed by atoms with Crippen molar-refractivity contribution in [2.75, 3.05) is 23.9 Å². The fourth-order valence-corrected chi connectivity index (χ4v) is 2.09. The van der Waals surface area contributed by atoms with Gasteiger partial charge in [0.05, 0.1) is 11.9 Å². The highest BCUT2D eigenvalue weighted by Gasteiger charge is 2.10. The summed E-state index contributed by atoms with van der Waals surface area (Å²) in [6.07, 6.45) is 4.73. The van der Waals surface area contributed by atoms with E-state index in [0.29, 0.717) is 5.69 Å². The number of aromatic nitrogens is 1. The molecule has 0 aromatic carbocycles. The third-order valence-electron chi connectivity index (χ3n) is 2.51. The quantitative estimate of drug-likeness (QED) is 0.796. The van der Waals surface area contributed by atoms with Crippen LogP contribution in [0.1, 0.15) is 30.8 Å². The van der Waals surface area contributed by atoms with Crippen molar-refractivity contribution in [3.63, 3.8) is 0 Å². The summed E-state index contributed by atoms with van der Waals surface area (Å²) in [6.45, 7) is 4.88. The molecule has 1 heterocycles. The zero-order valence-electron chi connectivity index (χ0n) is 11.2. The molecule has 0 saturated heterocycles. The van der Waals surface area contributed by atoms with E-state index in [-0.39, 0.29) is 11.9 Å². The standard InChI is InChI=1S/C13H21N3OS/c1-4-14-11-5-6-12(15-9-11)13(17)16-10(2)7-8-18-3/h5-6,9-10,14H,4,7-8H2,1-3H3,(H,16,17). The lowest BCUT2D eigenvalue weighted by Gasteiger charge is -2.12. The van der Waals surface area contributed by atoms with Crippen LogP contribution in [0, 0.1) is 0 Å². The molecule has 0 aliphatic rings. The number of rotatable bonds is 7. The molecule has 1 amide bonds. The number of nitrogens with one attached hydrogen (secondary N) is 2. The van der Waals surface area contributed by atoms with Gasteiger partial charge in [-0.1, -0.05) is 0 Å². The zero-order chi connectivity index (χ0) is 13.4. The molecule has 5 heteroatoms. The van der Waals surface area contributed by atoms with Crippen LogP contribution in [0.3, 0.4) is 0 Å². The van der Waals surface area contributed by atoms with Crippen LogP contribution in [0.4, 0.5) is 5.69 Å². The number of amides is 1. The minimum atomic E-state index is -0.105. The molecular weight excluding hydrogens is 246 g/mol. The van der Waals surface area contributed by atoms with Crippen molar-refractivity contribution in [2.45, 2.75) is 26.3 Å². The van der Waals surface area contributed by atoms with E-state index >= 15 is 0 Å². The predicted molar refractivity (Wildman–Crippen MR) is 78.3 cm³/mol. The van der Waals surface area contributed by atoms with Crippen molar-refractivity contribution in [1.29, 1.82) is 0 Å². The maximum absolute atomic E-state index is 11.9. The Morgan fingerprint density at radius 3 is 2.83 bits per heavy atom. The zero-order valence-corrected chi connectivity index (χ0v) is 12.0. The normalized spacial score (nSPS) is 11.9. The molecule has 1 rings (SSSR count). The average molecular weight is 267 g/mol. The Balaban J connectivity index is 2.50. The van der Waals surface area contributed by atoms with E-state index in [1.54, 1.807) is 24.0 Å². The van der Waals surface area contributed by atoms with Gasteiger partial charge in [0, 0.05) is 12.6 Å². The molecule has 0 fully saturated rings. The summed E-state index contributed by atoms with van der Waals surface area (Å²) in [4.78, 5) is 16.0. The average Bonchev–Trinajstić information content (AvgIpc) is 2.37. The molecule has 18 heavy (non-hydrogen) atoms. The molecule has 1 aromatic rings. The Morgan fingerprint density at radius 2 is 2.28 bits per heavy atom. The van der Waals surface area contributed by atoms with E-state index in [1.807, 2.05) is 19.9 Å². The Bertz CT molecular complexity index is 367. The summed E-state index contributed by atoms with van der Waals surface area (Å²) in [5.41, 5.74) is 1.40. The van der Waals surface area contributed by atoms with Crippen LogP contribution < -0.4 is 10.6 Å². The van der Waals surface area contributed by atoms with Crippen LogP contribution in [-0.4, -0.2) is 35.5 Å². The van der Waals surface area contributed by atoms with Gasteiger partial charge in [-0.15, -0.1) is 0 Å². The van der Waals surface area contributed by atoms with Gasteiger partial charge in [0.25, 0.3) is 5.91 Å². The second kappa shape index (κ2) is 7.97. The second-order valence-corrected chi connectivity index (χ2v) is 5.10. The fraction of sp³-hybridized carbons (Fsp3) is 0.538. The number of hydrogen-bond acceptors (Lipinski definition) is 4. The Kier molecular flexibility index (Phi) is 6.57. The number of nitrogens with zero attached hydrogens (tertiary/aromatic N) is 1. The largest absolute Gasteiger partial charge is 0.384 e. The molecule has 0 saturated carbocycles. The second-order valence-electron chi connectivity index (χ2n) is 4.12. The molecule has 0 radical (unpaired) electrons. The van der Waals surface area contributed by atoms with Gasteiger partial charge < -0.3 is 10.6 Å². The molecule has 2 N–H and O–H groups in total. The van der Waals surface area contributed by atoms with Crippen molar-refractivity contribution < 1.29 is 4.79 Å². The van der Waals surface area contributed by atoms with Gasteiger partial charge in [0.15, 0.2) is 0 Å². The van der Waals surface area contributed by atoms with E-state index in [1.165, 1.54) is 0 Å². The van der Waals surface area contributed by atoms with Crippen LogP contribution >= 0.6 is 11.8 Å². The first kappa shape index (κ1) is 14.8. The highest BCUT2D eigenvalue weighted by atomic mass is 32.2. The minimum absolute atomic E-state index is 0.105. The molecule has 1 unspecified atom stereocenters. The van der Waals surface area contributed by atoms with Gasteiger partial charge in [0.1, 0.15) is 5.69 Å². The number of thioether (sulfide) groups is 1. The van der Waals surface area contributed by atoms with Crippen LogP contribution in [0.15, 0.2) is 18.3 Å². The highest BCUT2D eigenvalue weighted by molar-refractivity contribution is 7.98. The van der Waals surface area contributed by atoms with Crippen LogP contribution in [-0.2, 0) is 0 Å². The highest BCUT2D eigenvalue weighted by Crippen LogP contribution is 2.06. The van der Waals surface area contributed by atoms with E-state index in [2.05, 4.69) is 21.9 Å². The number of hydrogen-bond donors (Lipinski definition) is 2. The molecule has 0 aliphatic carbocycles. The molecule has 0 bridgehead atoms. The van der Waals surface area contributed by atoms with E-state index < -0.39 is 0 Å². The van der Waals surface area contributed by atoms with Gasteiger partial charge in [-0.25, -0.2) is 4.98 Å². The van der Waals surface area contributed by atoms with Crippen LogP contribution in [0.5, 0.6) is 0 Å². The monoisotopic (exact) mass is 267 g/mol. The predicted octanol–water partition coefficient (Wildman–Crippen LogP) is 2.38. The molecule has 1 aromatic heterocycles. The SMILES string of the molecule is CCNc1ccc(C(=O)NC(C)CCSC)nc1. The molecule has 0 spiro atoms. The topological polar surface area (TPSA) is 54.0 Å². The first-order valence-corrected chi connectivity index (χ1v) is 7.56. The van der Waals surface area contributed by atoms with Gasteiger partial charge >= 0.3 is 0 Å². The third-order valence-corrected chi connectivity index (χ3v) is 3.15. The lowest BCUT2D eigenvalue weighted by Crippen LogP contribution is -2.33. The number of anilines is 1. The Morgan fingerprint density at radius 1 is 1.50 bits per heavy atom. The van der Waals surface area contributed by atoms with Crippen molar-refractivity contribution in [2.24, 2.45) is 0 Å². The first-order valence-electron chi connectivity index (χ1n) is 6.17. The van der Waals surface area contributed by atoms with E-state index in [0.717, 1.165) is 24.4 Å². The summed E-state index contributed by atoms with van der Waals surface area (Å²) in [6, 6.07) is 3.80. The number of pyridine rings is 1. The lowest BCUT2D eigenvalue weighted by molar-refractivity contribution is 0.0934. The summed E-state index contributed by atoms with van der Waals surface area (Å²) in [5.74, 6) is 0.945. The van der Waals surface area contributed by atoms with Crippen molar-refractivity contribution in [3.8, 4) is 0 Å². The smallest absolute Gasteiger partial charge is 0.270 e. The molecule has 1 atom stereocenters. The van der Waals surface area contributed by atoms with Crippen LogP contribution in [0.2, 0.25) is 0 Å². The van der Waals surface area contributed by atoms with Crippen LogP contribution in [0.25, 0.3) is 0 Å². The van der Waals surface area contributed by atoms with Crippen molar-refractivity contribution in [1.82, 2.24) is 10.3 Å². The summed E-state index contributed by atoms with van der Waals surface area (Å²) in [7, 11) is 0. The van der Waals surface area contributed by atoms with E-state index in [9.17, 15) is 4.79 Å². The lowest BCUT2D eigenvalue weighted by atomic mass is 10.2. The maximum Gasteiger partial charge on any atom is 0.270 e. The number of carbonyl (C=O) groups excluding carboxylic acids is 1. The summed E-state index contributed by atoms with van der Waals surface area (Å²) >= 11 is 1.79. The van der Waals surface area contributed by atoms with E-state index in [4.69, 9.17) is 0 Å². The summed E-state index contributed by atoms with van der Waals surface area (Å²) < 4.78 is 0. The van der Waals surface area contributed by atoms with Gasteiger partial charge in [-0.05, 0) is 44.4 Å². The first-order chi connectivity index (χ1) is 8.67. The number of carbonyl (C=O) groups is 1. The fourth-order valence-electron chi connectivity index (χ4n) is 1.50. The Labute approximate surface area is 113 Å². The molecule has 100 valence electrons. The molecular formula is C13H21N3OS. The van der Waals surface area contributed by atoms with Crippen molar-refractivity contribution >= 4 is 23.4 Å². The Hall–Kier alpha value is -1.23.